The normalized spacial score (nSPS) is 16.4. The van der Waals surface area contributed by atoms with Gasteiger partial charge in [0.15, 0.2) is 0 Å². The van der Waals surface area contributed by atoms with Crippen LogP contribution in [0.5, 0.6) is 0 Å². The van der Waals surface area contributed by atoms with Gasteiger partial charge < -0.3 is 15.2 Å². The lowest BCUT2D eigenvalue weighted by atomic mass is 10.1. The van der Waals surface area contributed by atoms with Gasteiger partial charge in [0.1, 0.15) is 11.2 Å². The van der Waals surface area contributed by atoms with Crippen molar-refractivity contribution in [2.45, 2.75) is 6.04 Å². The van der Waals surface area contributed by atoms with Crippen molar-refractivity contribution in [3.05, 3.63) is 76.0 Å². The molecule has 8 nitrogen and oxygen atoms in total. The molecule has 1 amide bonds. The molecule has 4 rings (SSSR count). The van der Waals surface area contributed by atoms with E-state index in [1.54, 1.807) is 18.2 Å². The van der Waals surface area contributed by atoms with Crippen molar-refractivity contribution in [3.8, 4) is 0 Å². The second-order valence-corrected chi connectivity index (χ2v) is 7.72. The van der Waals surface area contributed by atoms with E-state index in [4.69, 9.17) is 0 Å². The number of benzene rings is 2. The van der Waals surface area contributed by atoms with Gasteiger partial charge in [0.2, 0.25) is 0 Å². The van der Waals surface area contributed by atoms with Gasteiger partial charge in [-0.2, -0.15) is 0 Å². The molecule has 30 heavy (non-hydrogen) atoms. The van der Waals surface area contributed by atoms with Gasteiger partial charge in [0, 0.05) is 44.2 Å². The Morgan fingerprint density at radius 2 is 1.87 bits per heavy atom. The lowest BCUT2D eigenvalue weighted by molar-refractivity contribution is -0.383. The molecule has 8 heteroatoms. The predicted molar refractivity (Wildman–Crippen MR) is 116 cm³/mol. The third-order valence-corrected chi connectivity index (χ3v) is 5.62. The van der Waals surface area contributed by atoms with Crippen LogP contribution < -0.4 is 5.32 Å². The molecule has 2 aromatic carbocycles. The average molecular weight is 407 g/mol. The van der Waals surface area contributed by atoms with Gasteiger partial charge in [-0.25, -0.2) is 0 Å². The van der Waals surface area contributed by atoms with Crippen LogP contribution in [-0.4, -0.2) is 65.4 Å². The Morgan fingerprint density at radius 1 is 1.13 bits per heavy atom. The summed E-state index contributed by atoms with van der Waals surface area (Å²) in [4.78, 5) is 31.5. The zero-order valence-corrected chi connectivity index (χ0v) is 16.9. The molecule has 0 aliphatic carbocycles. The lowest BCUT2D eigenvalue weighted by Gasteiger charge is -2.35. The van der Waals surface area contributed by atoms with Gasteiger partial charge in [-0.3, -0.25) is 19.8 Å². The highest BCUT2D eigenvalue weighted by atomic mass is 16.6. The molecule has 2 N–H and O–H groups in total. The first-order valence-electron chi connectivity index (χ1n) is 10.0. The number of fused-ring (bicyclic) bond motifs is 1. The highest BCUT2D eigenvalue weighted by molar-refractivity contribution is 6.00. The first kappa shape index (κ1) is 20.1. The summed E-state index contributed by atoms with van der Waals surface area (Å²) < 4.78 is 0. The van der Waals surface area contributed by atoms with Crippen molar-refractivity contribution in [3.63, 3.8) is 0 Å². The molecule has 1 aliphatic heterocycles. The fraction of sp³-hybridized carbons (Fsp3) is 0.318. The number of aromatic amines is 1. The molecule has 1 aliphatic rings. The fourth-order valence-electron chi connectivity index (χ4n) is 3.86. The topological polar surface area (TPSA) is 94.5 Å². The third kappa shape index (κ3) is 4.34. The first-order valence-corrected chi connectivity index (χ1v) is 10.0. The number of piperazine rings is 1. The van der Waals surface area contributed by atoms with Crippen molar-refractivity contribution >= 4 is 22.5 Å². The second-order valence-electron chi connectivity index (χ2n) is 7.72. The summed E-state index contributed by atoms with van der Waals surface area (Å²) in [7, 11) is 2.11. The molecule has 0 bridgehead atoms. The maximum Gasteiger partial charge on any atom is 0.293 e. The number of nitrogens with zero attached hydrogens (tertiary/aromatic N) is 3. The second kappa shape index (κ2) is 8.64. The molecule has 0 spiro atoms. The summed E-state index contributed by atoms with van der Waals surface area (Å²) in [6, 6.07) is 16.2. The molecule has 1 atom stereocenters. The van der Waals surface area contributed by atoms with E-state index >= 15 is 0 Å². The molecule has 1 fully saturated rings. The van der Waals surface area contributed by atoms with E-state index in [9.17, 15) is 14.9 Å². The van der Waals surface area contributed by atoms with Crippen molar-refractivity contribution in [1.82, 2.24) is 20.1 Å². The SMILES string of the molecule is CN1CCN(CC(NC(=O)c2cc3cccc([N+](=O)[O-])c3[nH]2)c2ccccc2)CC1. The van der Waals surface area contributed by atoms with Crippen LogP contribution in [0.3, 0.4) is 0 Å². The van der Waals surface area contributed by atoms with Crippen LogP contribution in [0.25, 0.3) is 10.9 Å². The van der Waals surface area contributed by atoms with Crippen molar-refractivity contribution in [1.29, 1.82) is 0 Å². The Balaban J connectivity index is 1.56. The number of nitro benzene ring substituents is 1. The Morgan fingerprint density at radius 3 is 2.57 bits per heavy atom. The average Bonchev–Trinajstić information content (AvgIpc) is 3.20. The highest BCUT2D eigenvalue weighted by Crippen LogP contribution is 2.26. The van der Waals surface area contributed by atoms with Crippen LogP contribution in [0, 0.1) is 10.1 Å². The molecule has 3 aromatic rings. The summed E-state index contributed by atoms with van der Waals surface area (Å²) in [6.45, 7) is 4.62. The molecule has 0 radical (unpaired) electrons. The summed E-state index contributed by atoms with van der Waals surface area (Å²) in [5.41, 5.74) is 1.68. The number of rotatable bonds is 6. The first-order chi connectivity index (χ1) is 14.5. The number of nitro groups is 1. The maximum absolute atomic E-state index is 13.0. The predicted octanol–water partition coefficient (Wildman–Crippen LogP) is 2.79. The summed E-state index contributed by atoms with van der Waals surface area (Å²) in [5, 5.41) is 15.0. The summed E-state index contributed by atoms with van der Waals surface area (Å²) >= 11 is 0. The smallest absolute Gasteiger partial charge is 0.293 e. The van der Waals surface area contributed by atoms with Gasteiger partial charge in [0.05, 0.1) is 11.0 Å². The van der Waals surface area contributed by atoms with Crippen LogP contribution in [0.1, 0.15) is 22.1 Å². The van der Waals surface area contributed by atoms with Crippen LogP contribution in [0.4, 0.5) is 5.69 Å². The summed E-state index contributed by atoms with van der Waals surface area (Å²) in [5.74, 6) is -0.275. The summed E-state index contributed by atoms with van der Waals surface area (Å²) in [6.07, 6.45) is 0. The van der Waals surface area contributed by atoms with E-state index in [0.29, 0.717) is 23.1 Å². The zero-order chi connectivity index (χ0) is 21.1. The van der Waals surface area contributed by atoms with Crippen LogP contribution in [-0.2, 0) is 0 Å². The number of hydrogen-bond donors (Lipinski definition) is 2. The number of para-hydroxylation sites is 1. The number of likely N-dealkylation sites (N-methyl/N-ethyl adjacent to an activating group) is 1. The van der Waals surface area contributed by atoms with Crippen LogP contribution in [0.2, 0.25) is 0 Å². The van der Waals surface area contributed by atoms with E-state index in [1.807, 2.05) is 30.3 Å². The van der Waals surface area contributed by atoms with E-state index in [0.717, 1.165) is 31.7 Å². The van der Waals surface area contributed by atoms with Gasteiger partial charge >= 0.3 is 0 Å². The lowest BCUT2D eigenvalue weighted by Crippen LogP contribution is -2.47. The van der Waals surface area contributed by atoms with Crippen molar-refractivity contribution in [2.24, 2.45) is 0 Å². The van der Waals surface area contributed by atoms with Crippen LogP contribution >= 0.6 is 0 Å². The number of H-pyrrole nitrogens is 1. The van der Waals surface area contributed by atoms with Gasteiger partial charge in [-0.1, -0.05) is 42.5 Å². The molecule has 1 saturated heterocycles. The molecule has 1 unspecified atom stereocenters. The molecular weight excluding hydrogens is 382 g/mol. The monoisotopic (exact) mass is 407 g/mol. The molecule has 1 aromatic heterocycles. The van der Waals surface area contributed by atoms with Gasteiger partial charge in [-0.15, -0.1) is 0 Å². The standard InChI is InChI=1S/C22H25N5O3/c1-25-10-12-26(13-11-25)15-19(16-6-3-2-4-7-16)24-22(28)18-14-17-8-5-9-20(27(29)30)21(17)23-18/h2-9,14,19,23H,10-13,15H2,1H3,(H,24,28). The van der Waals surface area contributed by atoms with E-state index in [1.165, 1.54) is 6.07 Å². The fourth-order valence-corrected chi connectivity index (χ4v) is 3.86. The van der Waals surface area contributed by atoms with E-state index in [2.05, 4.69) is 27.1 Å². The van der Waals surface area contributed by atoms with Crippen LogP contribution in [0.15, 0.2) is 54.6 Å². The van der Waals surface area contributed by atoms with Crippen molar-refractivity contribution in [2.75, 3.05) is 39.8 Å². The number of nitrogens with one attached hydrogen (secondary N) is 2. The number of non-ortho nitro benzene ring substituents is 1. The number of amides is 1. The Labute approximate surface area is 174 Å². The van der Waals surface area contributed by atoms with Gasteiger partial charge in [-0.05, 0) is 18.7 Å². The quantitative estimate of drug-likeness (QED) is 0.484. The highest BCUT2D eigenvalue weighted by Gasteiger charge is 2.23. The Bertz CT molecular complexity index is 1040. The number of hydrogen-bond acceptors (Lipinski definition) is 5. The largest absolute Gasteiger partial charge is 0.345 e. The Kier molecular flexibility index (Phi) is 5.78. The number of carbonyl (C=O) groups is 1. The maximum atomic E-state index is 13.0. The number of aromatic nitrogens is 1. The molecule has 2 heterocycles. The minimum absolute atomic E-state index is 0.0383. The van der Waals surface area contributed by atoms with Gasteiger partial charge in [0.25, 0.3) is 11.6 Å². The molecule has 0 saturated carbocycles. The third-order valence-electron chi connectivity index (χ3n) is 5.62. The van der Waals surface area contributed by atoms with E-state index in [-0.39, 0.29) is 17.6 Å². The zero-order valence-electron chi connectivity index (χ0n) is 16.9. The van der Waals surface area contributed by atoms with E-state index < -0.39 is 4.92 Å². The minimum atomic E-state index is -0.444. The molecule has 156 valence electrons. The molecular formula is C22H25N5O3. The number of carbonyl (C=O) groups excluding carboxylic acids is 1. The minimum Gasteiger partial charge on any atom is -0.345 e. The van der Waals surface area contributed by atoms with Crippen molar-refractivity contribution < 1.29 is 9.72 Å². The Hall–Kier alpha value is -3.23.